The molecule has 1 aromatic carbocycles. The molecule has 0 aromatic heterocycles. The molecule has 0 amide bonds. The minimum absolute atomic E-state index is 0.299. The number of aryl methyl sites for hydroxylation is 1. The molecule has 2 unspecified atom stereocenters. The van der Waals surface area contributed by atoms with Gasteiger partial charge < -0.3 is 9.84 Å². The van der Waals surface area contributed by atoms with E-state index in [1.807, 2.05) is 19.1 Å². The standard InChI is InChI=1S/C16H23NO2.2ClH.Zr/c1-11-6-4-5-7-15(11)17-10-13-9-14(19-3)8-12(2)16(13)18;;;/h8-11,15,18H,4-7H2,1-3H3;2*1H;/q;;;+2/p-2. The zero-order chi connectivity index (χ0) is 16.5. The molecule has 2 rings (SSSR count). The molecule has 0 spiro atoms. The van der Waals surface area contributed by atoms with E-state index in [-0.39, 0.29) is 0 Å². The van der Waals surface area contributed by atoms with Crippen molar-refractivity contribution in [3.63, 3.8) is 0 Å². The number of halogens is 2. The molecule has 0 heterocycles. The SMILES string of the molecule is COc1cc(C)c(O)c(C=NC2CCCCC2C)c1.[Cl][Zr][Cl]. The van der Waals surface area contributed by atoms with Gasteiger partial charge in [0.2, 0.25) is 0 Å². The molecule has 2 atom stereocenters. The molecule has 1 aliphatic carbocycles. The van der Waals surface area contributed by atoms with Crippen LogP contribution in [-0.2, 0) is 20.8 Å². The van der Waals surface area contributed by atoms with E-state index in [1.165, 1.54) is 19.3 Å². The monoisotopic (exact) mass is 421 g/mol. The Morgan fingerprint density at radius 3 is 2.55 bits per heavy atom. The number of ether oxygens (including phenoxy) is 1. The van der Waals surface area contributed by atoms with E-state index in [0.29, 0.717) is 17.7 Å². The second-order valence-electron chi connectivity index (χ2n) is 5.56. The van der Waals surface area contributed by atoms with Crippen LogP contribution in [0.2, 0.25) is 0 Å². The molecule has 0 bridgehead atoms. The Morgan fingerprint density at radius 1 is 1.32 bits per heavy atom. The first-order valence-electron chi connectivity index (χ1n) is 7.40. The maximum atomic E-state index is 10.1. The van der Waals surface area contributed by atoms with Gasteiger partial charge in [-0.1, -0.05) is 19.8 Å². The van der Waals surface area contributed by atoms with Crippen molar-refractivity contribution in [2.75, 3.05) is 7.11 Å². The molecule has 122 valence electrons. The fourth-order valence-electron chi connectivity index (χ4n) is 2.68. The molecule has 1 aromatic rings. The zero-order valence-corrected chi connectivity index (χ0v) is 17.2. The summed E-state index contributed by atoms with van der Waals surface area (Å²) in [5.74, 6) is 1.69. The first-order valence-corrected chi connectivity index (χ1v) is 13.7. The predicted octanol–water partition coefficient (Wildman–Crippen LogP) is 5.08. The number of phenolic OH excluding ortho intramolecular Hbond substituents is 1. The van der Waals surface area contributed by atoms with Gasteiger partial charge in [-0.2, -0.15) is 0 Å². The second-order valence-corrected chi connectivity index (χ2v) is 9.29. The average Bonchev–Trinajstić information content (AvgIpc) is 2.50. The van der Waals surface area contributed by atoms with Crippen LogP contribution in [0.3, 0.4) is 0 Å². The first-order chi connectivity index (χ1) is 10.5. The van der Waals surface area contributed by atoms with Gasteiger partial charge in [-0.05, 0) is 43.4 Å². The van der Waals surface area contributed by atoms with E-state index in [0.717, 1.165) is 23.3 Å². The summed E-state index contributed by atoms with van der Waals surface area (Å²) in [5.41, 5.74) is 1.56. The molecule has 0 radical (unpaired) electrons. The summed E-state index contributed by atoms with van der Waals surface area (Å²) in [4.78, 5) is 4.67. The Kier molecular flexibility index (Phi) is 9.70. The Labute approximate surface area is 151 Å². The third-order valence-corrected chi connectivity index (χ3v) is 4.01. The number of aliphatic imine (C=N–C) groups is 1. The van der Waals surface area contributed by atoms with Crippen molar-refractivity contribution in [1.29, 1.82) is 0 Å². The van der Waals surface area contributed by atoms with Crippen molar-refractivity contribution in [1.82, 2.24) is 0 Å². The van der Waals surface area contributed by atoms with Crippen molar-refractivity contribution in [2.45, 2.75) is 45.6 Å². The van der Waals surface area contributed by atoms with Crippen molar-refractivity contribution in [2.24, 2.45) is 10.9 Å². The molecule has 22 heavy (non-hydrogen) atoms. The van der Waals surface area contributed by atoms with Crippen molar-refractivity contribution >= 4 is 23.2 Å². The van der Waals surface area contributed by atoms with Crippen LogP contribution in [0.5, 0.6) is 11.5 Å². The van der Waals surface area contributed by atoms with E-state index < -0.39 is 20.8 Å². The molecular weight excluding hydrogens is 400 g/mol. The Hall–Kier alpha value is -0.0469. The van der Waals surface area contributed by atoms with Gasteiger partial charge in [0.1, 0.15) is 11.5 Å². The van der Waals surface area contributed by atoms with Crippen LogP contribution < -0.4 is 4.74 Å². The summed E-state index contributed by atoms with van der Waals surface area (Å²) in [6.07, 6.45) is 6.79. The first kappa shape index (κ1) is 20.0. The van der Waals surface area contributed by atoms with Crippen LogP contribution >= 0.6 is 17.0 Å². The maximum absolute atomic E-state index is 10.1. The van der Waals surface area contributed by atoms with Gasteiger partial charge >= 0.3 is 37.9 Å². The summed E-state index contributed by atoms with van der Waals surface area (Å²) in [5, 5.41) is 10.1. The predicted molar refractivity (Wildman–Crippen MR) is 90.1 cm³/mol. The molecule has 1 aliphatic rings. The number of aromatic hydroxyl groups is 1. The molecular formula is C16H23Cl2NO2Zr. The summed E-state index contributed by atoms with van der Waals surface area (Å²) in [7, 11) is 11.5. The summed E-state index contributed by atoms with van der Waals surface area (Å²) < 4.78 is 5.23. The van der Waals surface area contributed by atoms with Gasteiger partial charge in [0.15, 0.2) is 0 Å². The van der Waals surface area contributed by atoms with Gasteiger partial charge in [0.25, 0.3) is 0 Å². The molecule has 1 N–H and O–H groups in total. The van der Waals surface area contributed by atoms with Gasteiger partial charge in [-0.25, -0.2) is 0 Å². The van der Waals surface area contributed by atoms with Crippen molar-refractivity contribution < 1.29 is 30.7 Å². The summed E-state index contributed by atoms with van der Waals surface area (Å²) in [6, 6.07) is 4.05. The van der Waals surface area contributed by atoms with Crippen LogP contribution in [0.15, 0.2) is 17.1 Å². The molecule has 6 heteroatoms. The molecule has 3 nitrogen and oxygen atoms in total. The molecule has 1 fully saturated rings. The quantitative estimate of drug-likeness (QED) is 0.689. The van der Waals surface area contributed by atoms with Crippen LogP contribution in [-0.4, -0.2) is 24.5 Å². The normalized spacial score (nSPS) is 21.1. The van der Waals surface area contributed by atoms with Gasteiger partial charge in [0, 0.05) is 11.8 Å². The minimum atomic E-state index is -0.826. The molecule has 0 aliphatic heterocycles. The average molecular weight is 423 g/mol. The van der Waals surface area contributed by atoms with E-state index in [1.54, 1.807) is 13.3 Å². The summed E-state index contributed by atoms with van der Waals surface area (Å²) in [6.45, 7) is 4.14. The third kappa shape index (κ3) is 6.22. The second kappa shape index (κ2) is 10.7. The van der Waals surface area contributed by atoms with Crippen LogP contribution in [0.4, 0.5) is 0 Å². The van der Waals surface area contributed by atoms with Gasteiger partial charge in [-0.15, -0.1) is 0 Å². The molecule has 1 saturated carbocycles. The zero-order valence-electron chi connectivity index (χ0n) is 13.3. The number of benzene rings is 1. The van der Waals surface area contributed by atoms with Crippen LogP contribution in [0.25, 0.3) is 0 Å². The van der Waals surface area contributed by atoms with E-state index >= 15 is 0 Å². The Bertz CT molecular complexity index is 497. The Balaban J connectivity index is 0.000000745. The van der Waals surface area contributed by atoms with Crippen LogP contribution in [0.1, 0.15) is 43.7 Å². The van der Waals surface area contributed by atoms with E-state index in [2.05, 4.69) is 11.9 Å². The fraction of sp³-hybridized carbons (Fsp3) is 0.562. The van der Waals surface area contributed by atoms with Crippen molar-refractivity contribution in [3.8, 4) is 11.5 Å². The number of phenols is 1. The number of rotatable bonds is 3. The van der Waals surface area contributed by atoms with Gasteiger partial charge in [0.05, 0.1) is 13.2 Å². The van der Waals surface area contributed by atoms with Crippen LogP contribution in [0, 0.1) is 12.8 Å². The van der Waals surface area contributed by atoms with Gasteiger partial charge in [-0.3, -0.25) is 4.99 Å². The number of nitrogens with zero attached hydrogens (tertiary/aromatic N) is 1. The van der Waals surface area contributed by atoms with E-state index in [4.69, 9.17) is 21.8 Å². The fourth-order valence-corrected chi connectivity index (χ4v) is 2.68. The number of methoxy groups -OCH3 is 1. The summed E-state index contributed by atoms with van der Waals surface area (Å²) >= 11 is -0.826. The number of hydrogen-bond donors (Lipinski definition) is 1. The Morgan fingerprint density at radius 2 is 1.95 bits per heavy atom. The third-order valence-electron chi connectivity index (χ3n) is 4.01. The molecule has 0 saturated heterocycles. The topological polar surface area (TPSA) is 41.8 Å². The number of hydrogen-bond acceptors (Lipinski definition) is 3. The van der Waals surface area contributed by atoms with E-state index in [9.17, 15) is 5.11 Å². The van der Waals surface area contributed by atoms with Crippen molar-refractivity contribution in [3.05, 3.63) is 23.3 Å².